The number of carbonyl (C=O) groups is 1. The fraction of sp³-hybridized carbons (Fsp3) is 0.154. The van der Waals surface area contributed by atoms with Crippen molar-refractivity contribution in [2.75, 3.05) is 6.61 Å². The van der Waals surface area contributed by atoms with Gasteiger partial charge in [0.1, 0.15) is 17.1 Å². The summed E-state index contributed by atoms with van der Waals surface area (Å²) in [5, 5.41) is 19.9. The average molecular weight is 232 g/mol. The van der Waals surface area contributed by atoms with Gasteiger partial charge in [-0.15, -0.1) is 0 Å². The monoisotopic (exact) mass is 232 g/mol. The molecule has 0 radical (unpaired) electrons. The van der Waals surface area contributed by atoms with Gasteiger partial charge in [-0.05, 0) is 42.0 Å². The molecule has 0 fully saturated rings. The van der Waals surface area contributed by atoms with Crippen LogP contribution in [0.3, 0.4) is 0 Å². The topological polar surface area (TPSA) is 66.8 Å². The summed E-state index contributed by atoms with van der Waals surface area (Å²) in [6.45, 7) is 2.43. The Morgan fingerprint density at radius 2 is 2.00 bits per heavy atom. The van der Waals surface area contributed by atoms with Crippen LogP contribution < -0.4 is 4.74 Å². The molecular weight excluding hydrogens is 220 g/mol. The van der Waals surface area contributed by atoms with Gasteiger partial charge in [-0.2, -0.15) is 0 Å². The zero-order chi connectivity index (χ0) is 12.4. The van der Waals surface area contributed by atoms with E-state index in [-0.39, 0.29) is 11.3 Å². The van der Waals surface area contributed by atoms with Gasteiger partial charge in [0, 0.05) is 0 Å². The Morgan fingerprint density at radius 1 is 1.24 bits per heavy atom. The molecule has 2 N–H and O–H groups in total. The molecule has 17 heavy (non-hydrogen) atoms. The summed E-state index contributed by atoms with van der Waals surface area (Å²) in [5.41, 5.74) is -0.105. The van der Waals surface area contributed by atoms with Crippen molar-refractivity contribution in [2.24, 2.45) is 0 Å². The third-order valence-electron chi connectivity index (χ3n) is 2.47. The highest BCUT2D eigenvalue weighted by Crippen LogP contribution is 2.27. The predicted octanol–water partition coefficient (Wildman–Crippen LogP) is 2.64. The molecular formula is C13H12O4. The first kappa shape index (κ1) is 11.3. The number of hydrogen-bond acceptors (Lipinski definition) is 3. The summed E-state index contributed by atoms with van der Waals surface area (Å²) in [6.07, 6.45) is 0. The number of ether oxygens (including phenoxy) is 1. The maximum Gasteiger partial charge on any atom is 0.339 e. The van der Waals surface area contributed by atoms with Crippen LogP contribution in [0, 0.1) is 0 Å². The summed E-state index contributed by atoms with van der Waals surface area (Å²) in [7, 11) is 0. The Morgan fingerprint density at radius 3 is 2.65 bits per heavy atom. The van der Waals surface area contributed by atoms with Crippen LogP contribution >= 0.6 is 0 Å². The van der Waals surface area contributed by atoms with E-state index in [4.69, 9.17) is 9.84 Å². The third-order valence-corrected chi connectivity index (χ3v) is 2.47. The quantitative estimate of drug-likeness (QED) is 0.853. The van der Waals surface area contributed by atoms with Gasteiger partial charge in [-0.1, -0.05) is 6.07 Å². The van der Waals surface area contributed by atoms with Crippen molar-refractivity contribution in [3.8, 4) is 11.5 Å². The van der Waals surface area contributed by atoms with Crippen LogP contribution in [0.25, 0.3) is 10.8 Å². The lowest BCUT2D eigenvalue weighted by Crippen LogP contribution is -1.97. The highest BCUT2D eigenvalue weighted by molar-refractivity contribution is 5.97. The zero-order valence-electron chi connectivity index (χ0n) is 9.30. The summed E-state index contributed by atoms with van der Waals surface area (Å²) in [4.78, 5) is 10.9. The zero-order valence-corrected chi connectivity index (χ0v) is 9.30. The first-order valence-electron chi connectivity index (χ1n) is 5.24. The number of aromatic hydroxyl groups is 1. The normalized spacial score (nSPS) is 10.4. The molecule has 0 aliphatic rings. The van der Waals surface area contributed by atoms with E-state index in [0.29, 0.717) is 12.4 Å². The third kappa shape index (κ3) is 2.15. The molecule has 2 aromatic rings. The van der Waals surface area contributed by atoms with Gasteiger partial charge in [0.15, 0.2) is 0 Å². The maximum absolute atomic E-state index is 10.9. The molecule has 0 aliphatic heterocycles. The van der Waals surface area contributed by atoms with Crippen molar-refractivity contribution < 1.29 is 19.7 Å². The molecule has 4 heteroatoms. The van der Waals surface area contributed by atoms with Gasteiger partial charge in [-0.25, -0.2) is 4.79 Å². The lowest BCUT2D eigenvalue weighted by molar-refractivity contribution is 0.0694. The van der Waals surface area contributed by atoms with Crippen molar-refractivity contribution in [1.29, 1.82) is 0 Å². The highest BCUT2D eigenvalue weighted by Gasteiger charge is 2.11. The molecule has 0 aliphatic carbocycles. The van der Waals surface area contributed by atoms with Crippen LogP contribution in [0.1, 0.15) is 17.3 Å². The fourth-order valence-corrected chi connectivity index (χ4v) is 1.69. The van der Waals surface area contributed by atoms with E-state index in [9.17, 15) is 9.90 Å². The molecule has 0 unspecified atom stereocenters. The van der Waals surface area contributed by atoms with Gasteiger partial charge < -0.3 is 14.9 Å². The Balaban J connectivity index is 2.59. The number of fused-ring (bicyclic) bond motifs is 1. The second-order valence-electron chi connectivity index (χ2n) is 3.62. The van der Waals surface area contributed by atoms with Gasteiger partial charge in [0.05, 0.1) is 6.61 Å². The minimum atomic E-state index is -1.15. The molecule has 4 nitrogen and oxygen atoms in total. The fourth-order valence-electron chi connectivity index (χ4n) is 1.69. The Kier molecular flexibility index (Phi) is 2.87. The van der Waals surface area contributed by atoms with Gasteiger partial charge in [0.25, 0.3) is 0 Å². The first-order chi connectivity index (χ1) is 8.11. The number of hydrogen-bond donors (Lipinski definition) is 2. The van der Waals surface area contributed by atoms with E-state index in [2.05, 4.69) is 0 Å². The predicted molar refractivity (Wildman–Crippen MR) is 63.7 cm³/mol. The van der Waals surface area contributed by atoms with Crippen LogP contribution in [0.15, 0.2) is 30.3 Å². The van der Waals surface area contributed by atoms with Crippen LogP contribution in [-0.4, -0.2) is 22.8 Å². The Labute approximate surface area is 98.1 Å². The number of carboxylic acid groups (broad SMARTS) is 1. The van der Waals surface area contributed by atoms with Crippen molar-refractivity contribution in [1.82, 2.24) is 0 Å². The SMILES string of the molecule is CCOc1ccc2cc(O)c(C(=O)O)cc2c1. The van der Waals surface area contributed by atoms with Crippen molar-refractivity contribution in [3.05, 3.63) is 35.9 Å². The maximum atomic E-state index is 10.9. The van der Waals surface area contributed by atoms with Crippen molar-refractivity contribution in [3.63, 3.8) is 0 Å². The van der Waals surface area contributed by atoms with E-state index in [1.165, 1.54) is 12.1 Å². The molecule has 88 valence electrons. The molecule has 0 aromatic heterocycles. The van der Waals surface area contributed by atoms with E-state index in [0.717, 1.165) is 10.8 Å². The van der Waals surface area contributed by atoms with Crippen LogP contribution in [0.2, 0.25) is 0 Å². The standard InChI is InChI=1S/C13H12O4/c1-2-17-10-4-3-8-7-12(14)11(13(15)16)6-9(8)5-10/h3-7,14H,2H2,1H3,(H,15,16). The highest BCUT2D eigenvalue weighted by atomic mass is 16.5. The first-order valence-corrected chi connectivity index (χ1v) is 5.24. The van der Waals surface area contributed by atoms with Crippen LogP contribution in [0.5, 0.6) is 11.5 Å². The van der Waals surface area contributed by atoms with Gasteiger partial charge in [0.2, 0.25) is 0 Å². The van der Waals surface area contributed by atoms with Gasteiger partial charge in [-0.3, -0.25) is 0 Å². The minimum Gasteiger partial charge on any atom is -0.507 e. The number of carboxylic acids is 1. The summed E-state index contributed by atoms with van der Waals surface area (Å²) in [5.74, 6) is -0.692. The van der Waals surface area contributed by atoms with Crippen molar-refractivity contribution >= 4 is 16.7 Å². The summed E-state index contributed by atoms with van der Waals surface area (Å²) < 4.78 is 5.33. The van der Waals surface area contributed by atoms with E-state index in [1.54, 1.807) is 18.2 Å². The molecule has 0 saturated carbocycles. The Bertz CT molecular complexity index is 575. The minimum absolute atomic E-state index is 0.105. The number of benzene rings is 2. The number of phenols is 1. The number of aromatic carboxylic acids is 1. The smallest absolute Gasteiger partial charge is 0.339 e. The Hall–Kier alpha value is -2.23. The second kappa shape index (κ2) is 4.33. The molecule has 0 spiro atoms. The largest absolute Gasteiger partial charge is 0.507 e. The molecule has 2 rings (SSSR count). The average Bonchev–Trinajstić information content (AvgIpc) is 2.28. The molecule has 0 amide bonds. The second-order valence-corrected chi connectivity index (χ2v) is 3.62. The van der Waals surface area contributed by atoms with Gasteiger partial charge >= 0.3 is 5.97 Å². The van der Waals surface area contributed by atoms with E-state index < -0.39 is 5.97 Å². The van der Waals surface area contributed by atoms with Crippen molar-refractivity contribution in [2.45, 2.75) is 6.92 Å². The summed E-state index contributed by atoms with van der Waals surface area (Å²) in [6, 6.07) is 8.20. The number of rotatable bonds is 3. The summed E-state index contributed by atoms with van der Waals surface area (Å²) >= 11 is 0. The molecule has 0 atom stereocenters. The van der Waals surface area contributed by atoms with Crippen LogP contribution in [0.4, 0.5) is 0 Å². The lowest BCUT2D eigenvalue weighted by Gasteiger charge is -2.06. The molecule has 0 bridgehead atoms. The lowest BCUT2D eigenvalue weighted by atomic mass is 10.1. The van der Waals surface area contributed by atoms with E-state index in [1.807, 2.05) is 6.92 Å². The molecule has 0 heterocycles. The molecule has 2 aromatic carbocycles. The van der Waals surface area contributed by atoms with Crippen LogP contribution in [-0.2, 0) is 0 Å². The van der Waals surface area contributed by atoms with E-state index >= 15 is 0 Å². The molecule has 0 saturated heterocycles.